The molecule has 0 aromatic carbocycles. The average molecular weight is 390 g/mol. The van der Waals surface area contributed by atoms with E-state index in [2.05, 4.69) is 4.98 Å². The van der Waals surface area contributed by atoms with Crippen LogP contribution in [0.2, 0.25) is 0 Å². The van der Waals surface area contributed by atoms with E-state index in [4.69, 9.17) is 9.15 Å². The number of amides is 1. The summed E-state index contributed by atoms with van der Waals surface area (Å²) in [6.07, 6.45) is 3.68. The first-order valence-electron chi connectivity index (χ1n) is 9.22. The van der Waals surface area contributed by atoms with Crippen molar-refractivity contribution >= 4 is 23.2 Å². The van der Waals surface area contributed by atoms with Crippen molar-refractivity contribution in [1.82, 2.24) is 9.88 Å². The third-order valence-corrected chi connectivity index (χ3v) is 6.28. The molecule has 1 N–H and O–H groups in total. The lowest BCUT2D eigenvalue weighted by atomic mass is 9.84. The van der Waals surface area contributed by atoms with E-state index in [1.54, 1.807) is 17.6 Å². The van der Waals surface area contributed by atoms with Crippen LogP contribution in [0.3, 0.4) is 0 Å². The Hall–Kier alpha value is -2.19. The van der Waals surface area contributed by atoms with Crippen LogP contribution in [-0.4, -0.2) is 52.7 Å². The van der Waals surface area contributed by atoms with Crippen LogP contribution >= 0.6 is 11.3 Å². The fourth-order valence-electron chi connectivity index (χ4n) is 3.99. The van der Waals surface area contributed by atoms with Crippen LogP contribution in [-0.2, 0) is 20.7 Å². The Kier molecular flexibility index (Phi) is 5.27. The number of aliphatic carboxylic acids is 1. The molecule has 2 saturated heterocycles. The lowest BCUT2D eigenvalue weighted by molar-refractivity contribution is -0.145. The van der Waals surface area contributed by atoms with Crippen LogP contribution in [0.25, 0.3) is 10.8 Å². The second kappa shape index (κ2) is 7.82. The van der Waals surface area contributed by atoms with E-state index >= 15 is 0 Å². The van der Waals surface area contributed by atoms with Crippen molar-refractivity contribution in [2.24, 2.45) is 11.8 Å². The van der Waals surface area contributed by atoms with Crippen molar-refractivity contribution in [3.8, 4) is 10.8 Å². The van der Waals surface area contributed by atoms with Gasteiger partial charge in [0, 0.05) is 19.7 Å². The number of carbonyl (C=O) groups is 2. The van der Waals surface area contributed by atoms with Crippen LogP contribution < -0.4 is 0 Å². The van der Waals surface area contributed by atoms with E-state index in [0.717, 1.165) is 17.7 Å². The normalized spacial score (nSPS) is 23.6. The molecule has 144 valence electrons. The summed E-state index contributed by atoms with van der Waals surface area (Å²) in [6.45, 7) is 1.77. The molecule has 4 heterocycles. The topological polar surface area (TPSA) is 92.9 Å². The van der Waals surface area contributed by atoms with Gasteiger partial charge in [-0.1, -0.05) is 6.07 Å². The number of aromatic nitrogens is 1. The minimum atomic E-state index is -0.774. The highest BCUT2D eigenvalue weighted by Gasteiger charge is 2.40. The van der Waals surface area contributed by atoms with E-state index in [1.807, 2.05) is 22.4 Å². The van der Waals surface area contributed by atoms with Crippen LogP contribution in [0.15, 0.2) is 28.2 Å². The Morgan fingerprint density at radius 2 is 2.11 bits per heavy atom. The van der Waals surface area contributed by atoms with Gasteiger partial charge in [0.2, 0.25) is 11.8 Å². The number of oxazole rings is 1. The molecule has 1 amide bonds. The quantitative estimate of drug-likeness (QED) is 0.844. The van der Waals surface area contributed by atoms with Crippen molar-refractivity contribution < 1.29 is 23.8 Å². The van der Waals surface area contributed by atoms with Crippen molar-refractivity contribution in [2.45, 2.75) is 31.8 Å². The minimum Gasteiger partial charge on any atom is -0.481 e. The molecular weight excluding hydrogens is 368 g/mol. The van der Waals surface area contributed by atoms with Crippen molar-refractivity contribution in [3.05, 3.63) is 29.5 Å². The summed E-state index contributed by atoms with van der Waals surface area (Å²) in [6, 6.07) is 3.87. The summed E-state index contributed by atoms with van der Waals surface area (Å²) in [7, 11) is 0. The fraction of sp³-hybridized carbons (Fsp3) is 0.526. The Balaban J connectivity index is 1.31. The Morgan fingerprint density at radius 1 is 1.30 bits per heavy atom. The molecule has 7 nitrogen and oxygen atoms in total. The molecule has 2 aromatic rings. The standard InChI is InChI=1S/C19H22N2O5S/c22-16(10-13-11-26-18(20-13)15-2-1-9-27-15)21-6-3-12(4-7-21)17-14(19(23)24)5-8-25-17/h1-2,9,11-12,14,17H,3-8,10H2,(H,23,24)/t14?,17-/m0/s1. The maximum absolute atomic E-state index is 12.6. The van der Waals surface area contributed by atoms with E-state index < -0.39 is 11.9 Å². The number of hydrogen-bond acceptors (Lipinski definition) is 6. The number of rotatable bonds is 5. The zero-order chi connectivity index (χ0) is 18.8. The number of nitrogens with zero attached hydrogens (tertiary/aromatic N) is 2. The van der Waals surface area contributed by atoms with Crippen LogP contribution in [0.5, 0.6) is 0 Å². The molecule has 8 heteroatoms. The zero-order valence-electron chi connectivity index (χ0n) is 14.9. The number of carboxylic acid groups (broad SMARTS) is 1. The number of carboxylic acids is 1. The number of carbonyl (C=O) groups excluding carboxylic acids is 1. The van der Waals surface area contributed by atoms with Gasteiger partial charge in [-0.15, -0.1) is 11.3 Å². The zero-order valence-corrected chi connectivity index (χ0v) is 15.7. The van der Waals surface area contributed by atoms with Gasteiger partial charge in [0.05, 0.1) is 29.0 Å². The first kappa shape index (κ1) is 18.2. The molecule has 2 aliphatic heterocycles. The molecule has 0 saturated carbocycles. The molecule has 0 radical (unpaired) electrons. The molecular formula is C19H22N2O5S. The smallest absolute Gasteiger partial charge is 0.309 e. The average Bonchev–Trinajstić information content (AvgIpc) is 3.42. The molecule has 2 aromatic heterocycles. The number of hydrogen-bond donors (Lipinski definition) is 1. The van der Waals surface area contributed by atoms with Crippen molar-refractivity contribution in [3.63, 3.8) is 0 Å². The van der Waals surface area contributed by atoms with Gasteiger partial charge in [-0.2, -0.15) is 0 Å². The van der Waals surface area contributed by atoms with Crippen molar-refractivity contribution in [2.75, 3.05) is 19.7 Å². The molecule has 0 spiro atoms. The maximum atomic E-state index is 12.6. The van der Waals surface area contributed by atoms with E-state index in [0.29, 0.717) is 37.7 Å². The summed E-state index contributed by atoms with van der Waals surface area (Å²) >= 11 is 1.55. The minimum absolute atomic E-state index is 0.0293. The van der Waals surface area contributed by atoms with Crippen LogP contribution in [0.4, 0.5) is 0 Å². The number of likely N-dealkylation sites (tertiary alicyclic amines) is 1. The predicted octanol–water partition coefficient (Wildman–Crippen LogP) is 2.67. The lowest BCUT2D eigenvalue weighted by Crippen LogP contribution is -2.43. The van der Waals surface area contributed by atoms with Gasteiger partial charge < -0.3 is 19.2 Å². The first-order chi connectivity index (χ1) is 13.1. The Morgan fingerprint density at radius 3 is 2.81 bits per heavy atom. The Bertz CT molecular complexity index is 795. The summed E-state index contributed by atoms with van der Waals surface area (Å²) in [4.78, 5) is 31.1. The number of thiophene rings is 1. The molecule has 0 aliphatic carbocycles. The fourth-order valence-corrected chi connectivity index (χ4v) is 4.64. The SMILES string of the molecule is O=C(O)C1CCO[C@H]1C1CCN(C(=O)Cc2coc(-c3cccs3)n2)CC1. The third-order valence-electron chi connectivity index (χ3n) is 5.43. The highest BCUT2D eigenvalue weighted by Crippen LogP contribution is 2.33. The summed E-state index contributed by atoms with van der Waals surface area (Å²) in [5.41, 5.74) is 0.635. The van der Waals surface area contributed by atoms with Gasteiger partial charge >= 0.3 is 5.97 Å². The Labute approximate surface area is 161 Å². The molecule has 1 unspecified atom stereocenters. The van der Waals surface area contributed by atoms with Crippen LogP contribution in [0.1, 0.15) is 25.0 Å². The predicted molar refractivity (Wildman–Crippen MR) is 98.3 cm³/mol. The molecule has 2 fully saturated rings. The molecule has 2 aliphatic rings. The highest BCUT2D eigenvalue weighted by atomic mass is 32.1. The van der Waals surface area contributed by atoms with Gasteiger partial charge in [-0.05, 0) is 36.6 Å². The monoisotopic (exact) mass is 390 g/mol. The van der Waals surface area contributed by atoms with Crippen LogP contribution in [0, 0.1) is 11.8 Å². The summed E-state index contributed by atoms with van der Waals surface area (Å²) in [5, 5.41) is 11.3. The van der Waals surface area contributed by atoms with Gasteiger partial charge in [-0.3, -0.25) is 9.59 Å². The summed E-state index contributed by atoms with van der Waals surface area (Å²) in [5.74, 6) is -0.409. The molecule has 4 rings (SSSR count). The first-order valence-corrected chi connectivity index (χ1v) is 10.1. The van der Waals surface area contributed by atoms with E-state index in [-0.39, 0.29) is 24.3 Å². The van der Waals surface area contributed by atoms with Gasteiger partial charge in [0.1, 0.15) is 6.26 Å². The van der Waals surface area contributed by atoms with Gasteiger partial charge in [0.15, 0.2) is 0 Å². The van der Waals surface area contributed by atoms with Gasteiger partial charge in [0.25, 0.3) is 0 Å². The highest BCUT2D eigenvalue weighted by molar-refractivity contribution is 7.13. The third kappa shape index (κ3) is 3.91. The molecule has 0 bridgehead atoms. The second-order valence-corrected chi connectivity index (χ2v) is 8.03. The largest absolute Gasteiger partial charge is 0.481 e. The second-order valence-electron chi connectivity index (χ2n) is 7.09. The van der Waals surface area contributed by atoms with Gasteiger partial charge in [-0.25, -0.2) is 4.98 Å². The molecule has 27 heavy (non-hydrogen) atoms. The number of piperidine rings is 1. The summed E-state index contributed by atoms with van der Waals surface area (Å²) < 4.78 is 11.2. The molecule has 2 atom stereocenters. The van der Waals surface area contributed by atoms with Crippen molar-refractivity contribution in [1.29, 1.82) is 0 Å². The van der Waals surface area contributed by atoms with E-state index in [1.165, 1.54) is 0 Å². The van der Waals surface area contributed by atoms with E-state index in [9.17, 15) is 14.7 Å². The lowest BCUT2D eigenvalue weighted by Gasteiger charge is -2.35. The maximum Gasteiger partial charge on any atom is 0.309 e. The number of ether oxygens (including phenoxy) is 1.